The van der Waals surface area contributed by atoms with Crippen LogP contribution in [0.15, 0.2) is 6.33 Å². The predicted octanol–water partition coefficient (Wildman–Crippen LogP) is 4.41. The normalized spacial score (nSPS) is 16.6. The van der Waals surface area contributed by atoms with Gasteiger partial charge in [0, 0.05) is 18.7 Å². The SMILES string of the molecule is CCCNc1ncnc(NCC2(CC)CCC2)c1C(C)C. The molecule has 0 radical (unpaired) electrons. The van der Waals surface area contributed by atoms with Gasteiger partial charge >= 0.3 is 0 Å². The predicted molar refractivity (Wildman–Crippen MR) is 90.0 cm³/mol. The van der Waals surface area contributed by atoms with Crippen LogP contribution in [0.25, 0.3) is 0 Å². The third kappa shape index (κ3) is 3.66. The Morgan fingerprint density at radius 2 is 1.81 bits per heavy atom. The summed E-state index contributed by atoms with van der Waals surface area (Å²) in [5.74, 6) is 2.41. The highest BCUT2D eigenvalue weighted by atomic mass is 15.1. The molecule has 1 heterocycles. The van der Waals surface area contributed by atoms with Crippen LogP contribution >= 0.6 is 0 Å². The highest BCUT2D eigenvalue weighted by Crippen LogP contribution is 2.44. The van der Waals surface area contributed by atoms with Crippen molar-refractivity contribution in [3.05, 3.63) is 11.9 Å². The van der Waals surface area contributed by atoms with Crippen LogP contribution in [-0.4, -0.2) is 23.1 Å². The molecular weight excluding hydrogens is 260 g/mol. The van der Waals surface area contributed by atoms with Crippen LogP contribution in [-0.2, 0) is 0 Å². The molecule has 0 atom stereocenters. The molecule has 1 aromatic heterocycles. The Morgan fingerprint density at radius 1 is 1.14 bits per heavy atom. The van der Waals surface area contributed by atoms with Gasteiger partial charge in [-0.3, -0.25) is 0 Å². The monoisotopic (exact) mass is 290 g/mol. The van der Waals surface area contributed by atoms with Crippen molar-refractivity contribution < 1.29 is 0 Å². The standard InChI is InChI=1S/C17H30N4/c1-5-10-18-15-14(13(3)4)16(21-12-20-15)19-11-17(6-2)8-7-9-17/h12-13H,5-11H2,1-4H3,(H2,18,19,20,21). The second-order valence-corrected chi connectivity index (χ2v) is 6.63. The van der Waals surface area contributed by atoms with E-state index in [1.54, 1.807) is 6.33 Å². The van der Waals surface area contributed by atoms with Crippen LogP contribution in [0, 0.1) is 5.41 Å². The molecule has 0 amide bonds. The minimum atomic E-state index is 0.409. The molecule has 1 aliphatic carbocycles. The van der Waals surface area contributed by atoms with Crippen molar-refractivity contribution in [1.82, 2.24) is 9.97 Å². The van der Waals surface area contributed by atoms with Crippen LogP contribution < -0.4 is 10.6 Å². The highest BCUT2D eigenvalue weighted by molar-refractivity contribution is 5.59. The first kappa shape index (κ1) is 16.1. The number of nitrogens with one attached hydrogen (secondary N) is 2. The van der Waals surface area contributed by atoms with Gasteiger partial charge in [0.05, 0.1) is 0 Å². The van der Waals surface area contributed by atoms with Crippen molar-refractivity contribution in [2.75, 3.05) is 23.7 Å². The number of hydrogen-bond donors (Lipinski definition) is 2. The van der Waals surface area contributed by atoms with Crippen LogP contribution in [0.4, 0.5) is 11.6 Å². The molecule has 0 aliphatic heterocycles. The summed E-state index contributed by atoms with van der Waals surface area (Å²) in [6, 6.07) is 0. The van der Waals surface area contributed by atoms with Crippen LogP contribution in [0.5, 0.6) is 0 Å². The van der Waals surface area contributed by atoms with Crippen molar-refractivity contribution in [2.45, 2.75) is 65.7 Å². The molecule has 0 spiro atoms. The van der Waals surface area contributed by atoms with E-state index in [4.69, 9.17) is 0 Å². The molecule has 0 bridgehead atoms. The number of anilines is 2. The fourth-order valence-electron chi connectivity index (χ4n) is 3.07. The summed E-state index contributed by atoms with van der Waals surface area (Å²) in [5.41, 5.74) is 1.72. The fourth-order valence-corrected chi connectivity index (χ4v) is 3.07. The highest BCUT2D eigenvalue weighted by Gasteiger charge is 2.35. The first-order valence-corrected chi connectivity index (χ1v) is 8.44. The Hall–Kier alpha value is -1.32. The zero-order chi connectivity index (χ0) is 15.3. The largest absolute Gasteiger partial charge is 0.370 e. The summed E-state index contributed by atoms with van der Waals surface area (Å²) in [4.78, 5) is 8.94. The van der Waals surface area contributed by atoms with E-state index in [0.717, 1.165) is 31.1 Å². The van der Waals surface area contributed by atoms with E-state index in [1.165, 1.54) is 31.2 Å². The molecule has 21 heavy (non-hydrogen) atoms. The summed E-state index contributed by atoms with van der Waals surface area (Å²) in [6.45, 7) is 10.9. The molecule has 1 fully saturated rings. The molecule has 4 nitrogen and oxygen atoms in total. The van der Waals surface area contributed by atoms with Crippen molar-refractivity contribution in [3.63, 3.8) is 0 Å². The Morgan fingerprint density at radius 3 is 2.29 bits per heavy atom. The molecule has 4 heteroatoms. The van der Waals surface area contributed by atoms with Gasteiger partial charge in [0.15, 0.2) is 0 Å². The van der Waals surface area contributed by atoms with Gasteiger partial charge in [0.2, 0.25) is 0 Å². The lowest BCUT2D eigenvalue weighted by molar-refractivity contribution is 0.145. The minimum Gasteiger partial charge on any atom is -0.370 e. The molecule has 1 aliphatic rings. The molecule has 2 N–H and O–H groups in total. The number of hydrogen-bond acceptors (Lipinski definition) is 4. The second-order valence-electron chi connectivity index (χ2n) is 6.63. The van der Waals surface area contributed by atoms with E-state index in [1.807, 2.05) is 0 Å². The molecule has 1 saturated carbocycles. The van der Waals surface area contributed by atoms with Crippen LogP contribution in [0.1, 0.15) is 71.3 Å². The molecular formula is C17H30N4. The third-order valence-corrected chi connectivity index (χ3v) is 4.80. The first-order chi connectivity index (χ1) is 10.1. The molecule has 0 saturated heterocycles. The Balaban J connectivity index is 2.14. The number of rotatable bonds is 8. The van der Waals surface area contributed by atoms with Crippen LogP contribution in [0.3, 0.4) is 0 Å². The van der Waals surface area contributed by atoms with E-state index in [9.17, 15) is 0 Å². The maximum absolute atomic E-state index is 4.50. The maximum Gasteiger partial charge on any atom is 0.135 e. The first-order valence-electron chi connectivity index (χ1n) is 8.44. The van der Waals surface area contributed by atoms with Gasteiger partial charge < -0.3 is 10.6 Å². The zero-order valence-electron chi connectivity index (χ0n) is 14.0. The summed E-state index contributed by atoms with van der Waals surface area (Å²) >= 11 is 0. The summed E-state index contributed by atoms with van der Waals surface area (Å²) in [5, 5.41) is 7.05. The van der Waals surface area contributed by atoms with Gasteiger partial charge in [0.1, 0.15) is 18.0 Å². The van der Waals surface area contributed by atoms with Crippen molar-refractivity contribution in [2.24, 2.45) is 5.41 Å². The lowest BCUT2D eigenvalue weighted by atomic mass is 9.67. The molecule has 118 valence electrons. The summed E-state index contributed by atoms with van der Waals surface area (Å²) < 4.78 is 0. The zero-order valence-corrected chi connectivity index (χ0v) is 14.0. The maximum atomic E-state index is 4.50. The third-order valence-electron chi connectivity index (χ3n) is 4.80. The quantitative estimate of drug-likeness (QED) is 0.744. The van der Waals surface area contributed by atoms with Gasteiger partial charge in [-0.05, 0) is 37.0 Å². The molecule has 0 unspecified atom stereocenters. The fraction of sp³-hybridized carbons (Fsp3) is 0.765. The van der Waals surface area contributed by atoms with Gasteiger partial charge in [-0.25, -0.2) is 9.97 Å². The average molecular weight is 290 g/mol. The molecule has 0 aromatic carbocycles. The molecule has 2 rings (SSSR count). The van der Waals surface area contributed by atoms with E-state index in [0.29, 0.717) is 11.3 Å². The summed E-state index contributed by atoms with van der Waals surface area (Å²) in [6.07, 6.45) is 8.09. The van der Waals surface area contributed by atoms with E-state index < -0.39 is 0 Å². The van der Waals surface area contributed by atoms with Crippen molar-refractivity contribution in [1.29, 1.82) is 0 Å². The van der Waals surface area contributed by atoms with E-state index in [-0.39, 0.29) is 0 Å². The minimum absolute atomic E-state index is 0.409. The Kier molecular flexibility index (Phi) is 5.43. The van der Waals surface area contributed by atoms with Gasteiger partial charge in [-0.2, -0.15) is 0 Å². The topological polar surface area (TPSA) is 49.8 Å². The Labute approximate surface area is 129 Å². The van der Waals surface area contributed by atoms with Gasteiger partial charge in [0.25, 0.3) is 0 Å². The average Bonchev–Trinajstić information content (AvgIpc) is 2.44. The number of aromatic nitrogens is 2. The van der Waals surface area contributed by atoms with Gasteiger partial charge in [-0.1, -0.05) is 34.1 Å². The second kappa shape index (κ2) is 7.10. The Bertz CT molecular complexity index is 447. The van der Waals surface area contributed by atoms with Crippen molar-refractivity contribution >= 4 is 11.6 Å². The smallest absolute Gasteiger partial charge is 0.135 e. The van der Waals surface area contributed by atoms with Crippen molar-refractivity contribution in [3.8, 4) is 0 Å². The molecule has 1 aromatic rings. The number of nitrogens with zero attached hydrogens (tertiary/aromatic N) is 2. The van der Waals surface area contributed by atoms with E-state index >= 15 is 0 Å². The summed E-state index contributed by atoms with van der Waals surface area (Å²) in [7, 11) is 0. The van der Waals surface area contributed by atoms with Gasteiger partial charge in [-0.15, -0.1) is 0 Å². The lowest BCUT2D eigenvalue weighted by Crippen LogP contribution is -2.36. The van der Waals surface area contributed by atoms with Crippen LogP contribution in [0.2, 0.25) is 0 Å². The lowest BCUT2D eigenvalue weighted by Gasteiger charge is -2.41. The van der Waals surface area contributed by atoms with E-state index in [2.05, 4.69) is 48.3 Å².